The highest BCUT2D eigenvalue weighted by Crippen LogP contribution is 2.35. The van der Waals surface area contributed by atoms with Crippen LogP contribution >= 0.6 is 0 Å². The lowest BCUT2D eigenvalue weighted by molar-refractivity contribution is 0.0982. The van der Waals surface area contributed by atoms with Gasteiger partial charge in [-0.15, -0.1) is 0 Å². The van der Waals surface area contributed by atoms with Crippen molar-refractivity contribution in [3.63, 3.8) is 0 Å². The summed E-state index contributed by atoms with van der Waals surface area (Å²) in [5.41, 5.74) is 0. The Morgan fingerprint density at radius 2 is 1.44 bits per heavy atom. The van der Waals surface area contributed by atoms with Crippen molar-refractivity contribution in [2.45, 2.75) is 39.0 Å². The van der Waals surface area contributed by atoms with E-state index in [0.29, 0.717) is 12.4 Å². The van der Waals surface area contributed by atoms with Gasteiger partial charge in [-0.1, -0.05) is 81.1 Å². The standard InChI is InChI=1S/C22H24O3/c1-2-3-4-5-10-15-24-22(23)25-21-19-13-8-6-11-17(19)16-18-12-7-9-14-20(18)21/h6-9,11-14,16H,2-5,10,15H2,1H3. The lowest BCUT2D eigenvalue weighted by Crippen LogP contribution is -2.12. The zero-order chi connectivity index (χ0) is 17.5. The first-order chi connectivity index (χ1) is 12.3. The summed E-state index contributed by atoms with van der Waals surface area (Å²) in [7, 11) is 0. The molecule has 0 N–H and O–H groups in total. The summed E-state index contributed by atoms with van der Waals surface area (Å²) in [5.74, 6) is 0.574. The zero-order valence-corrected chi connectivity index (χ0v) is 14.7. The van der Waals surface area contributed by atoms with Crippen LogP contribution in [-0.4, -0.2) is 12.8 Å². The molecule has 0 aliphatic rings. The Balaban J connectivity index is 1.74. The minimum absolute atomic E-state index is 0.408. The molecule has 0 spiro atoms. The fraction of sp³-hybridized carbons (Fsp3) is 0.318. The van der Waals surface area contributed by atoms with Gasteiger partial charge in [0.1, 0.15) is 5.75 Å². The van der Waals surface area contributed by atoms with Crippen LogP contribution in [0.4, 0.5) is 4.79 Å². The van der Waals surface area contributed by atoms with Gasteiger partial charge in [0.15, 0.2) is 0 Å². The number of ether oxygens (including phenoxy) is 2. The maximum atomic E-state index is 12.1. The summed E-state index contributed by atoms with van der Waals surface area (Å²) < 4.78 is 10.9. The molecule has 3 aromatic rings. The summed E-state index contributed by atoms with van der Waals surface area (Å²) in [5, 5.41) is 3.93. The lowest BCUT2D eigenvalue weighted by Gasteiger charge is -2.12. The van der Waals surface area contributed by atoms with Crippen molar-refractivity contribution in [1.29, 1.82) is 0 Å². The van der Waals surface area contributed by atoms with Crippen LogP contribution < -0.4 is 4.74 Å². The molecule has 3 nitrogen and oxygen atoms in total. The van der Waals surface area contributed by atoms with Crippen LogP contribution in [0.25, 0.3) is 21.5 Å². The van der Waals surface area contributed by atoms with Gasteiger partial charge in [-0.2, -0.15) is 0 Å². The van der Waals surface area contributed by atoms with Crippen LogP contribution in [0.15, 0.2) is 54.6 Å². The molecule has 0 fully saturated rings. The van der Waals surface area contributed by atoms with E-state index >= 15 is 0 Å². The smallest absolute Gasteiger partial charge is 0.434 e. The normalized spacial score (nSPS) is 10.9. The maximum Gasteiger partial charge on any atom is 0.513 e. The second kappa shape index (κ2) is 8.52. The third-order valence-corrected chi connectivity index (χ3v) is 4.38. The summed E-state index contributed by atoms with van der Waals surface area (Å²) in [6.07, 6.45) is 4.95. The minimum Gasteiger partial charge on any atom is -0.434 e. The number of hydrogen-bond acceptors (Lipinski definition) is 3. The van der Waals surface area contributed by atoms with Crippen LogP contribution in [0.1, 0.15) is 39.0 Å². The Labute approximate surface area is 148 Å². The molecule has 0 radical (unpaired) electrons. The van der Waals surface area contributed by atoms with E-state index in [9.17, 15) is 4.79 Å². The van der Waals surface area contributed by atoms with Gasteiger partial charge in [-0.25, -0.2) is 4.79 Å². The molecule has 0 aromatic heterocycles. The molecule has 0 saturated carbocycles. The van der Waals surface area contributed by atoms with Crippen molar-refractivity contribution in [2.75, 3.05) is 6.61 Å². The average Bonchev–Trinajstić information content (AvgIpc) is 2.64. The van der Waals surface area contributed by atoms with Crippen LogP contribution in [-0.2, 0) is 4.74 Å². The van der Waals surface area contributed by atoms with Gasteiger partial charge in [0.2, 0.25) is 0 Å². The first kappa shape index (κ1) is 17.3. The summed E-state index contributed by atoms with van der Waals surface area (Å²) in [6.45, 7) is 2.59. The van der Waals surface area contributed by atoms with E-state index in [1.807, 2.05) is 48.5 Å². The topological polar surface area (TPSA) is 35.5 Å². The molecule has 0 amide bonds. The van der Waals surface area contributed by atoms with E-state index in [1.165, 1.54) is 19.3 Å². The molecule has 3 rings (SSSR count). The molecule has 3 aromatic carbocycles. The Morgan fingerprint density at radius 1 is 0.840 bits per heavy atom. The van der Waals surface area contributed by atoms with Gasteiger partial charge in [-0.05, 0) is 23.3 Å². The minimum atomic E-state index is -0.628. The van der Waals surface area contributed by atoms with Crippen LogP contribution in [0.3, 0.4) is 0 Å². The number of fused-ring (bicyclic) bond motifs is 2. The van der Waals surface area contributed by atoms with Crippen molar-refractivity contribution in [3.05, 3.63) is 54.6 Å². The fourth-order valence-electron chi connectivity index (χ4n) is 3.06. The molecule has 0 saturated heterocycles. The van der Waals surface area contributed by atoms with Gasteiger partial charge in [0.05, 0.1) is 6.61 Å². The Morgan fingerprint density at radius 3 is 2.08 bits per heavy atom. The number of rotatable bonds is 7. The number of carbonyl (C=O) groups is 1. The molecule has 0 bridgehead atoms. The molecule has 3 heteroatoms. The molecular formula is C22H24O3. The van der Waals surface area contributed by atoms with Gasteiger partial charge in [-0.3, -0.25) is 0 Å². The second-order valence-electron chi connectivity index (χ2n) is 6.26. The highest BCUT2D eigenvalue weighted by molar-refractivity contribution is 6.06. The highest BCUT2D eigenvalue weighted by atomic mass is 16.7. The van der Waals surface area contributed by atoms with Crippen LogP contribution in [0.5, 0.6) is 5.75 Å². The SMILES string of the molecule is CCCCCCCOC(=O)Oc1c2ccccc2cc2ccccc12. The summed E-state index contributed by atoms with van der Waals surface area (Å²) in [4.78, 5) is 12.1. The van der Waals surface area contributed by atoms with Crippen molar-refractivity contribution < 1.29 is 14.3 Å². The number of carbonyl (C=O) groups excluding carboxylic acids is 1. The first-order valence-electron chi connectivity index (χ1n) is 9.04. The quantitative estimate of drug-likeness (QED) is 0.214. The van der Waals surface area contributed by atoms with Crippen molar-refractivity contribution >= 4 is 27.7 Å². The average molecular weight is 336 g/mol. The summed E-state index contributed by atoms with van der Waals surface area (Å²) >= 11 is 0. The van der Waals surface area contributed by atoms with Gasteiger partial charge in [0, 0.05) is 10.8 Å². The summed E-state index contributed by atoms with van der Waals surface area (Å²) in [6, 6.07) is 17.9. The maximum absolute atomic E-state index is 12.1. The number of benzene rings is 3. The molecule has 0 aliphatic carbocycles. The number of hydrogen-bond donors (Lipinski definition) is 0. The first-order valence-corrected chi connectivity index (χ1v) is 9.04. The van der Waals surface area contributed by atoms with Crippen molar-refractivity contribution in [1.82, 2.24) is 0 Å². The van der Waals surface area contributed by atoms with E-state index in [4.69, 9.17) is 9.47 Å². The van der Waals surface area contributed by atoms with Crippen LogP contribution in [0.2, 0.25) is 0 Å². The Bertz CT molecular complexity index is 800. The van der Waals surface area contributed by atoms with E-state index < -0.39 is 6.16 Å². The molecule has 0 heterocycles. The van der Waals surface area contributed by atoms with Gasteiger partial charge >= 0.3 is 6.16 Å². The number of unbranched alkanes of at least 4 members (excludes halogenated alkanes) is 4. The molecular weight excluding hydrogens is 312 g/mol. The molecule has 130 valence electrons. The third-order valence-electron chi connectivity index (χ3n) is 4.38. The van der Waals surface area contributed by atoms with Gasteiger partial charge < -0.3 is 9.47 Å². The third kappa shape index (κ3) is 4.30. The van der Waals surface area contributed by atoms with Crippen LogP contribution in [0, 0.1) is 0 Å². The monoisotopic (exact) mass is 336 g/mol. The predicted molar refractivity (Wildman–Crippen MR) is 102 cm³/mol. The van der Waals surface area contributed by atoms with Gasteiger partial charge in [0.25, 0.3) is 0 Å². The fourth-order valence-corrected chi connectivity index (χ4v) is 3.06. The van der Waals surface area contributed by atoms with E-state index in [-0.39, 0.29) is 0 Å². The van der Waals surface area contributed by atoms with E-state index in [2.05, 4.69) is 13.0 Å². The Hall–Kier alpha value is -2.55. The highest BCUT2D eigenvalue weighted by Gasteiger charge is 2.13. The van der Waals surface area contributed by atoms with Crippen molar-refractivity contribution in [2.24, 2.45) is 0 Å². The Kier molecular flexibility index (Phi) is 5.89. The molecule has 0 atom stereocenters. The second-order valence-corrected chi connectivity index (χ2v) is 6.26. The largest absolute Gasteiger partial charge is 0.513 e. The molecule has 0 aliphatic heterocycles. The zero-order valence-electron chi connectivity index (χ0n) is 14.7. The van der Waals surface area contributed by atoms with E-state index in [0.717, 1.165) is 34.4 Å². The van der Waals surface area contributed by atoms with E-state index in [1.54, 1.807) is 0 Å². The molecule has 25 heavy (non-hydrogen) atoms. The molecule has 0 unspecified atom stereocenters. The lowest BCUT2D eigenvalue weighted by atomic mass is 10.0. The van der Waals surface area contributed by atoms with Crippen molar-refractivity contribution in [3.8, 4) is 5.75 Å². The predicted octanol–water partition coefficient (Wildman–Crippen LogP) is 6.48.